The summed E-state index contributed by atoms with van der Waals surface area (Å²) < 4.78 is 5.13. The van der Waals surface area contributed by atoms with Gasteiger partial charge in [-0.25, -0.2) is 0 Å². The molecule has 0 bridgehead atoms. The van der Waals surface area contributed by atoms with E-state index in [4.69, 9.17) is 21.7 Å². The Morgan fingerprint density at radius 2 is 1.93 bits per heavy atom. The molecule has 0 radical (unpaired) electrons. The van der Waals surface area contributed by atoms with Crippen LogP contribution in [-0.2, 0) is 4.79 Å². The highest BCUT2D eigenvalue weighted by atomic mass is 35.5. The van der Waals surface area contributed by atoms with Crippen LogP contribution in [0.25, 0.3) is 6.08 Å². The number of hydrogen-bond acceptors (Lipinski definition) is 5. The molecule has 2 aromatic rings. The van der Waals surface area contributed by atoms with E-state index >= 15 is 0 Å². The maximum Gasteiger partial charge on any atom is 0.283 e. The van der Waals surface area contributed by atoms with E-state index < -0.39 is 5.91 Å². The van der Waals surface area contributed by atoms with Gasteiger partial charge < -0.3 is 4.74 Å². The summed E-state index contributed by atoms with van der Waals surface area (Å²) in [7, 11) is 1.59. The van der Waals surface area contributed by atoms with E-state index in [9.17, 15) is 4.79 Å². The molecule has 134 valence electrons. The highest BCUT2D eigenvalue weighted by Crippen LogP contribution is 2.33. The first-order valence-electron chi connectivity index (χ1n) is 7.96. The third-order valence-corrected chi connectivity index (χ3v) is 5.26. The van der Waals surface area contributed by atoms with Crippen LogP contribution < -0.4 is 4.74 Å². The monoisotopic (exact) mass is 396 g/mol. The summed E-state index contributed by atoms with van der Waals surface area (Å²) in [6.45, 7) is 0. The number of amides is 1. The van der Waals surface area contributed by atoms with E-state index in [0.29, 0.717) is 21.0 Å². The lowest BCUT2D eigenvalue weighted by Crippen LogP contribution is -2.35. The number of ether oxygens (including phenoxy) is 1. The predicted molar refractivity (Wildman–Crippen MR) is 109 cm³/mol. The third-order valence-electron chi connectivity index (χ3n) is 3.99. The normalized spacial score (nSPS) is 17.7. The van der Waals surface area contributed by atoms with Gasteiger partial charge in [-0.1, -0.05) is 41.9 Å². The van der Waals surface area contributed by atoms with Gasteiger partial charge in [0.05, 0.1) is 17.7 Å². The Balaban J connectivity index is 1.68. The van der Waals surface area contributed by atoms with Crippen molar-refractivity contribution in [2.45, 2.75) is 0 Å². The zero-order valence-corrected chi connectivity index (χ0v) is 15.7. The highest BCUT2D eigenvalue weighted by molar-refractivity contribution is 8.27. The van der Waals surface area contributed by atoms with Crippen molar-refractivity contribution >= 4 is 51.4 Å². The topological polar surface area (TPSA) is 78.1 Å². The number of benzene rings is 2. The van der Waals surface area contributed by atoms with E-state index in [2.05, 4.69) is 10.1 Å². The largest absolute Gasteiger partial charge is 0.497 e. The van der Waals surface area contributed by atoms with Gasteiger partial charge in [0, 0.05) is 5.56 Å². The Morgan fingerprint density at radius 3 is 2.63 bits per heavy atom. The van der Waals surface area contributed by atoms with Crippen LogP contribution in [-0.4, -0.2) is 34.1 Å². The Bertz CT molecular complexity index is 1040. The molecule has 4 rings (SSSR count). The molecule has 1 N–H and O–H groups in total. The fraction of sp³-hybridized carbons (Fsp3) is 0.0526. The number of hydrazone groups is 1. The highest BCUT2D eigenvalue weighted by Gasteiger charge is 2.36. The fourth-order valence-electron chi connectivity index (χ4n) is 2.60. The van der Waals surface area contributed by atoms with Gasteiger partial charge in [0.25, 0.3) is 5.91 Å². The van der Waals surface area contributed by atoms with Gasteiger partial charge in [-0.3, -0.25) is 10.2 Å². The molecule has 0 aromatic heterocycles. The molecule has 2 aliphatic heterocycles. The van der Waals surface area contributed by atoms with Crippen molar-refractivity contribution in [3.8, 4) is 5.75 Å². The first-order valence-corrected chi connectivity index (χ1v) is 9.15. The maximum atomic E-state index is 12.4. The van der Waals surface area contributed by atoms with E-state index in [0.717, 1.165) is 11.1 Å². The second-order valence-electron chi connectivity index (χ2n) is 5.68. The minimum Gasteiger partial charge on any atom is -0.497 e. The van der Waals surface area contributed by atoms with Gasteiger partial charge in [0.15, 0.2) is 5.84 Å². The van der Waals surface area contributed by atoms with Crippen molar-refractivity contribution in [1.29, 1.82) is 5.41 Å². The van der Waals surface area contributed by atoms with Gasteiger partial charge in [0.1, 0.15) is 10.8 Å². The zero-order valence-electron chi connectivity index (χ0n) is 14.1. The van der Waals surface area contributed by atoms with Crippen molar-refractivity contribution in [2.24, 2.45) is 10.1 Å². The number of nitrogens with one attached hydrogen (secondary N) is 1. The Kier molecular flexibility index (Phi) is 4.55. The smallest absolute Gasteiger partial charge is 0.283 e. The number of carbonyl (C=O) groups is 1. The summed E-state index contributed by atoms with van der Waals surface area (Å²) in [5.74, 6) is 0.230. The second kappa shape index (κ2) is 7.02. The second-order valence-corrected chi connectivity index (χ2v) is 7.04. The fourth-order valence-corrected chi connectivity index (χ4v) is 3.81. The quantitative estimate of drug-likeness (QED) is 0.795. The van der Waals surface area contributed by atoms with E-state index in [1.807, 2.05) is 30.3 Å². The van der Waals surface area contributed by atoms with Gasteiger partial charge in [-0.2, -0.15) is 15.1 Å². The lowest BCUT2D eigenvalue weighted by molar-refractivity contribution is -0.114. The van der Waals surface area contributed by atoms with Crippen molar-refractivity contribution in [1.82, 2.24) is 5.01 Å². The Morgan fingerprint density at radius 1 is 1.19 bits per heavy atom. The number of fused-ring (bicyclic) bond motifs is 1. The van der Waals surface area contributed by atoms with Gasteiger partial charge in [0.2, 0.25) is 5.17 Å². The molecule has 0 spiro atoms. The van der Waals surface area contributed by atoms with E-state index in [1.165, 1.54) is 16.8 Å². The van der Waals surface area contributed by atoms with Crippen molar-refractivity contribution in [3.63, 3.8) is 0 Å². The van der Waals surface area contributed by atoms with Crippen LogP contribution in [0.5, 0.6) is 5.75 Å². The lowest BCUT2D eigenvalue weighted by atomic mass is 10.1. The summed E-state index contributed by atoms with van der Waals surface area (Å²) >= 11 is 7.45. The number of methoxy groups -OCH3 is 1. The molecule has 0 saturated heterocycles. The Hall–Kier alpha value is -2.90. The van der Waals surface area contributed by atoms with Crippen LogP contribution in [0.4, 0.5) is 0 Å². The lowest BCUT2D eigenvalue weighted by Gasteiger charge is -2.20. The van der Waals surface area contributed by atoms with Crippen LogP contribution >= 0.6 is 23.4 Å². The molecule has 27 heavy (non-hydrogen) atoms. The number of hydrogen-bond donors (Lipinski definition) is 1. The molecule has 2 heterocycles. The van der Waals surface area contributed by atoms with Gasteiger partial charge in [-0.15, -0.1) is 0 Å². The summed E-state index contributed by atoms with van der Waals surface area (Å²) in [5.41, 5.74) is 1.68. The van der Waals surface area contributed by atoms with Crippen LogP contribution in [0.3, 0.4) is 0 Å². The van der Waals surface area contributed by atoms with Crippen LogP contribution in [0, 0.1) is 5.41 Å². The summed E-state index contributed by atoms with van der Waals surface area (Å²) in [6, 6.07) is 14.5. The maximum absolute atomic E-state index is 12.4. The van der Waals surface area contributed by atoms with Crippen LogP contribution in [0.1, 0.15) is 11.1 Å². The molecular formula is C19H13ClN4O2S. The minimum atomic E-state index is -0.467. The molecule has 0 saturated carbocycles. The van der Waals surface area contributed by atoms with Crippen molar-refractivity contribution in [3.05, 3.63) is 70.3 Å². The minimum absolute atomic E-state index is 0.0182. The average molecular weight is 397 g/mol. The number of rotatable bonds is 3. The first-order chi connectivity index (χ1) is 13.1. The number of nitrogens with zero attached hydrogens (tertiary/aromatic N) is 3. The summed E-state index contributed by atoms with van der Waals surface area (Å²) in [5, 5.41) is 15.7. The van der Waals surface area contributed by atoms with E-state index in [-0.39, 0.29) is 11.4 Å². The molecule has 2 aliphatic rings. The standard InChI is InChI=1S/C19H13ClN4O2S/c1-26-12-8-6-11(7-9-12)10-14-16(21)24-19(22-17(14)25)27-18(23-24)13-4-2-3-5-15(13)20/h2-10,21H,1H3. The molecule has 0 fully saturated rings. The van der Waals surface area contributed by atoms with Crippen LogP contribution in [0.15, 0.2) is 64.2 Å². The van der Waals surface area contributed by atoms with Gasteiger partial charge >= 0.3 is 0 Å². The predicted octanol–water partition coefficient (Wildman–Crippen LogP) is 4.02. The molecule has 1 amide bonds. The molecule has 0 aliphatic carbocycles. The molecule has 0 unspecified atom stereocenters. The molecular weight excluding hydrogens is 384 g/mol. The van der Waals surface area contributed by atoms with Crippen molar-refractivity contribution in [2.75, 3.05) is 7.11 Å². The summed E-state index contributed by atoms with van der Waals surface area (Å²) in [4.78, 5) is 16.5. The Labute approximate surface area is 164 Å². The SMILES string of the molecule is COc1ccc(C=C2C(=N)N3N=C(c4ccccc4Cl)SC3=NC2=O)cc1. The zero-order chi connectivity index (χ0) is 19.0. The number of halogens is 1. The third kappa shape index (κ3) is 3.27. The summed E-state index contributed by atoms with van der Waals surface area (Å²) in [6.07, 6.45) is 1.62. The molecule has 0 atom stereocenters. The van der Waals surface area contributed by atoms with Crippen LogP contribution in [0.2, 0.25) is 5.02 Å². The number of thioether (sulfide) groups is 1. The number of amidine groups is 2. The number of carbonyl (C=O) groups excluding carboxylic acids is 1. The average Bonchev–Trinajstić information content (AvgIpc) is 3.10. The molecule has 6 nitrogen and oxygen atoms in total. The first kappa shape index (κ1) is 17.5. The number of aliphatic imine (C=N–C) groups is 1. The molecule has 2 aromatic carbocycles. The van der Waals surface area contributed by atoms with Gasteiger partial charge in [-0.05, 0) is 41.6 Å². The van der Waals surface area contributed by atoms with Crippen molar-refractivity contribution < 1.29 is 9.53 Å². The van der Waals surface area contributed by atoms with E-state index in [1.54, 1.807) is 31.4 Å². The molecule has 8 heteroatoms.